The molecule has 0 radical (unpaired) electrons. The third-order valence-electron chi connectivity index (χ3n) is 23.7. The summed E-state index contributed by atoms with van der Waals surface area (Å²) in [6, 6.07) is 59.1. The smallest absolute Gasteiger partial charge is 0.252 e. The highest BCUT2D eigenvalue weighted by Crippen LogP contribution is 2.63. The molecule has 84 heavy (non-hydrogen) atoms. The van der Waals surface area contributed by atoms with Gasteiger partial charge in [0.25, 0.3) is 6.71 Å². The van der Waals surface area contributed by atoms with Crippen LogP contribution < -0.4 is 31.1 Å². The van der Waals surface area contributed by atoms with Gasteiger partial charge in [0.1, 0.15) is 0 Å². The van der Waals surface area contributed by atoms with Gasteiger partial charge in [-0.1, -0.05) is 182 Å². The molecule has 0 amide bonds. The van der Waals surface area contributed by atoms with E-state index in [1.54, 1.807) is 0 Å². The third-order valence-corrected chi connectivity index (χ3v) is 24.8. The summed E-state index contributed by atoms with van der Waals surface area (Å²) in [5.74, 6) is 0. The number of benzene rings is 8. The molecule has 0 spiro atoms. The lowest BCUT2D eigenvalue weighted by atomic mass is 9.33. The lowest BCUT2D eigenvalue weighted by molar-refractivity contribution is 0.195. The molecule has 2 atom stereocenters. The van der Waals surface area contributed by atoms with E-state index in [1.807, 2.05) is 11.3 Å². The first-order valence-electron chi connectivity index (χ1n) is 32.0. The zero-order valence-corrected chi connectivity index (χ0v) is 53.4. The first kappa shape index (κ1) is 53.0. The van der Waals surface area contributed by atoms with E-state index in [0.717, 1.165) is 19.3 Å². The SMILES string of the molecule is CC1(C)CCC(C)(C)c2cc(N3c4cc5c(cc4B4c6cc7c(cc6N(c6ccc8c(c6)sc6ccccc68)c6cc(N8c9ccc(-c%10ccccc%10)cc9C9(C)CCCCC89C)cc3c64)C(C)(C)CC7(C)C)C(C)(C)CCC5(C)C)ccc21. The van der Waals surface area contributed by atoms with Crippen molar-refractivity contribution in [3.05, 3.63) is 185 Å². The standard InChI is InChI=1S/C79H84BN3S/c1-72(2)34-35-73(3,4)56-39-50(28-30-55(56)72)81-65-45-59-57(74(5,6)36-37-75(59,7)8)43-62(65)80-63-44-58-60(77(11,12)47-76(58,9)10)46-66(63)82(51-27-29-54-53-24-18-19-25-69(53)84-70(54)42-51)68-41-52(40-67(81)71(68)80)83-64-31-26-49(48-22-16-15-17-23-48)38-61(64)78(13)32-20-21-33-79(78,83)14/h15-19,22-31,38-46H,20-21,32-37,47H2,1-14H3. The molecule has 4 heterocycles. The molecule has 16 rings (SSSR count). The van der Waals surface area contributed by atoms with Crippen molar-refractivity contribution in [1.82, 2.24) is 0 Å². The first-order chi connectivity index (χ1) is 39.8. The summed E-state index contributed by atoms with van der Waals surface area (Å²) >= 11 is 1.94. The van der Waals surface area contributed by atoms with Gasteiger partial charge in [0.15, 0.2) is 0 Å². The van der Waals surface area contributed by atoms with Crippen LogP contribution in [0.4, 0.5) is 45.5 Å². The van der Waals surface area contributed by atoms with E-state index in [0.29, 0.717) is 0 Å². The van der Waals surface area contributed by atoms with Gasteiger partial charge in [-0.05, 0) is 218 Å². The Hall–Kier alpha value is -6.56. The molecule has 0 bridgehead atoms. The van der Waals surface area contributed by atoms with Crippen molar-refractivity contribution in [2.45, 2.75) is 198 Å². The van der Waals surface area contributed by atoms with E-state index in [2.05, 4.69) is 257 Å². The lowest BCUT2D eigenvalue weighted by Gasteiger charge is -2.51. The van der Waals surface area contributed by atoms with Gasteiger partial charge in [0, 0.05) is 71.1 Å². The number of hydrogen-bond donors (Lipinski definition) is 0. The van der Waals surface area contributed by atoms with Gasteiger partial charge in [-0.15, -0.1) is 11.3 Å². The first-order valence-corrected chi connectivity index (χ1v) is 32.8. The molecule has 1 saturated carbocycles. The fourth-order valence-electron chi connectivity index (χ4n) is 18.7. The molecule has 3 nitrogen and oxygen atoms in total. The van der Waals surface area contributed by atoms with Crippen molar-refractivity contribution in [3.8, 4) is 11.1 Å². The van der Waals surface area contributed by atoms with Crippen LogP contribution in [-0.4, -0.2) is 12.3 Å². The number of nitrogens with zero attached hydrogens (tertiary/aromatic N) is 3. The third kappa shape index (κ3) is 7.17. The fourth-order valence-corrected chi connectivity index (χ4v) is 19.8. The topological polar surface area (TPSA) is 9.72 Å². The maximum absolute atomic E-state index is 2.88. The zero-order valence-electron chi connectivity index (χ0n) is 52.5. The maximum atomic E-state index is 2.88. The number of rotatable bonds is 4. The van der Waals surface area contributed by atoms with E-state index < -0.39 is 0 Å². The van der Waals surface area contributed by atoms with Crippen LogP contribution in [-0.2, 0) is 37.9 Å². The summed E-state index contributed by atoms with van der Waals surface area (Å²) in [6.07, 6.45) is 10.5. The summed E-state index contributed by atoms with van der Waals surface area (Å²) in [4.78, 5) is 8.45. The Bertz CT molecular complexity index is 4320. The van der Waals surface area contributed by atoms with Crippen LogP contribution >= 0.6 is 11.3 Å². The Morgan fingerprint density at radius 2 is 0.881 bits per heavy atom. The number of hydrogen-bond acceptors (Lipinski definition) is 4. The van der Waals surface area contributed by atoms with Crippen molar-refractivity contribution >= 4 is 100 Å². The molecule has 8 aromatic carbocycles. The molecule has 1 aromatic heterocycles. The van der Waals surface area contributed by atoms with Gasteiger partial charge < -0.3 is 14.7 Å². The van der Waals surface area contributed by atoms with Crippen LogP contribution in [0.25, 0.3) is 31.3 Å². The molecule has 0 saturated heterocycles. The molecule has 4 aliphatic carbocycles. The Balaban J connectivity index is 1.06. The highest BCUT2D eigenvalue weighted by molar-refractivity contribution is 7.25. The van der Waals surface area contributed by atoms with Crippen molar-refractivity contribution in [3.63, 3.8) is 0 Å². The van der Waals surface area contributed by atoms with Gasteiger partial charge in [0.05, 0.1) is 5.54 Å². The zero-order chi connectivity index (χ0) is 58.2. The van der Waals surface area contributed by atoms with E-state index in [-0.39, 0.29) is 50.2 Å². The van der Waals surface area contributed by atoms with Crippen LogP contribution in [0.15, 0.2) is 146 Å². The van der Waals surface area contributed by atoms with Crippen LogP contribution in [0.3, 0.4) is 0 Å². The Morgan fingerprint density at radius 3 is 1.54 bits per heavy atom. The monoisotopic (exact) mass is 1120 g/mol. The minimum absolute atomic E-state index is 0.00485. The van der Waals surface area contributed by atoms with Crippen LogP contribution in [0.1, 0.15) is 194 Å². The predicted molar refractivity (Wildman–Crippen MR) is 363 cm³/mol. The van der Waals surface area contributed by atoms with Gasteiger partial charge in [-0.25, -0.2) is 0 Å². The largest absolute Gasteiger partial charge is 0.334 e. The summed E-state index contributed by atoms with van der Waals surface area (Å²) in [5.41, 5.74) is 27.8. The molecular weight excluding hydrogens is 1030 g/mol. The second-order valence-electron chi connectivity index (χ2n) is 31.6. The molecular formula is C79H84BN3S. The van der Waals surface area contributed by atoms with Crippen LogP contribution in [0.5, 0.6) is 0 Å². The number of fused-ring (bicyclic) bond motifs is 13. The van der Waals surface area contributed by atoms with Crippen LogP contribution in [0.2, 0.25) is 0 Å². The van der Waals surface area contributed by atoms with Crippen molar-refractivity contribution in [2.75, 3.05) is 14.7 Å². The minimum Gasteiger partial charge on any atom is -0.334 e. The molecule has 424 valence electrons. The average Bonchev–Trinajstić information content (AvgIpc) is 1.16. The van der Waals surface area contributed by atoms with Gasteiger partial charge >= 0.3 is 0 Å². The summed E-state index contributed by atoms with van der Waals surface area (Å²) in [6.45, 7) is 35.4. The molecule has 3 aliphatic heterocycles. The van der Waals surface area contributed by atoms with Gasteiger partial charge in [0.2, 0.25) is 0 Å². The molecule has 5 heteroatoms. The van der Waals surface area contributed by atoms with Crippen molar-refractivity contribution in [1.29, 1.82) is 0 Å². The summed E-state index contributed by atoms with van der Waals surface area (Å²) in [7, 11) is 0. The van der Waals surface area contributed by atoms with E-state index in [4.69, 9.17) is 0 Å². The average molecular weight is 1120 g/mol. The molecule has 2 unspecified atom stereocenters. The lowest BCUT2D eigenvalue weighted by Crippen LogP contribution is -2.62. The maximum Gasteiger partial charge on any atom is 0.252 e. The Labute approximate surface area is 505 Å². The van der Waals surface area contributed by atoms with Crippen molar-refractivity contribution < 1.29 is 0 Å². The second kappa shape index (κ2) is 17.1. The number of anilines is 8. The van der Waals surface area contributed by atoms with Crippen molar-refractivity contribution in [2.24, 2.45) is 0 Å². The second-order valence-corrected chi connectivity index (χ2v) is 32.7. The quantitative estimate of drug-likeness (QED) is 0.163. The van der Waals surface area contributed by atoms with E-state index in [1.165, 1.54) is 171 Å². The summed E-state index contributed by atoms with van der Waals surface area (Å²) < 4.78 is 2.68. The summed E-state index contributed by atoms with van der Waals surface area (Å²) in [5, 5.41) is 2.68. The molecule has 7 aliphatic rings. The molecule has 0 N–H and O–H groups in total. The normalized spacial score (nSPS) is 23.7. The predicted octanol–water partition coefficient (Wildman–Crippen LogP) is 20.2. The minimum atomic E-state index is -0.180. The highest BCUT2D eigenvalue weighted by atomic mass is 32.1. The molecule has 9 aromatic rings. The Morgan fingerprint density at radius 1 is 0.357 bits per heavy atom. The van der Waals surface area contributed by atoms with Crippen LogP contribution in [0, 0.1) is 0 Å². The fraction of sp³-hybridized carbons (Fsp3) is 0.392. The van der Waals surface area contributed by atoms with Gasteiger partial charge in [-0.3, -0.25) is 0 Å². The van der Waals surface area contributed by atoms with Gasteiger partial charge in [-0.2, -0.15) is 0 Å². The Kier molecular flexibility index (Phi) is 10.8. The highest BCUT2D eigenvalue weighted by Gasteiger charge is 2.59. The van der Waals surface area contributed by atoms with E-state index >= 15 is 0 Å². The number of thiophene rings is 1. The molecule has 1 fully saturated rings. The van der Waals surface area contributed by atoms with E-state index in [9.17, 15) is 0 Å².